The molecule has 0 aliphatic heterocycles. The van der Waals surface area contributed by atoms with Crippen LogP contribution >= 0.6 is 15.9 Å². The van der Waals surface area contributed by atoms with Crippen LogP contribution in [0.25, 0.3) is 0 Å². The van der Waals surface area contributed by atoms with E-state index in [0.29, 0.717) is 12.1 Å². The van der Waals surface area contributed by atoms with E-state index in [1.165, 1.54) is 31.4 Å². The molecule has 2 atom stereocenters. The second kappa shape index (κ2) is 6.06. The van der Waals surface area contributed by atoms with Crippen LogP contribution in [0.15, 0.2) is 41.4 Å². The van der Waals surface area contributed by atoms with Crippen molar-refractivity contribution in [1.82, 2.24) is 14.9 Å². The fourth-order valence-electron chi connectivity index (χ4n) is 2.91. The molecule has 1 aromatic carbocycles. The van der Waals surface area contributed by atoms with E-state index in [9.17, 15) is 4.39 Å². The molecule has 3 nitrogen and oxygen atoms in total. The summed E-state index contributed by atoms with van der Waals surface area (Å²) in [6, 6.07) is 5.76. The number of imidazole rings is 1. The number of benzene rings is 1. The third-order valence-electron chi connectivity index (χ3n) is 3.96. The smallest absolute Gasteiger partial charge is 0.124 e. The van der Waals surface area contributed by atoms with E-state index in [-0.39, 0.29) is 5.82 Å². The summed E-state index contributed by atoms with van der Waals surface area (Å²) in [7, 11) is 0. The molecule has 2 unspecified atom stereocenters. The van der Waals surface area contributed by atoms with Gasteiger partial charge in [-0.2, -0.15) is 0 Å². The number of nitrogens with zero attached hydrogens (tertiary/aromatic N) is 2. The van der Waals surface area contributed by atoms with Gasteiger partial charge >= 0.3 is 0 Å². The Labute approximate surface area is 126 Å². The second-order valence-corrected chi connectivity index (χ2v) is 6.09. The Balaban J connectivity index is 1.65. The molecule has 1 aliphatic carbocycles. The summed E-state index contributed by atoms with van der Waals surface area (Å²) in [6.07, 6.45) is 9.31. The van der Waals surface area contributed by atoms with Crippen LogP contribution in [0.3, 0.4) is 0 Å². The van der Waals surface area contributed by atoms with Crippen molar-refractivity contribution in [3.63, 3.8) is 0 Å². The minimum Gasteiger partial charge on any atom is -0.333 e. The van der Waals surface area contributed by atoms with Gasteiger partial charge in [0, 0.05) is 35.5 Å². The lowest BCUT2D eigenvalue weighted by Gasteiger charge is -2.22. The van der Waals surface area contributed by atoms with Gasteiger partial charge in [-0.1, -0.05) is 22.0 Å². The van der Waals surface area contributed by atoms with Crippen molar-refractivity contribution in [3.8, 4) is 0 Å². The zero-order valence-electron chi connectivity index (χ0n) is 11.1. The molecule has 106 valence electrons. The average Bonchev–Trinajstić information content (AvgIpc) is 3.08. The van der Waals surface area contributed by atoms with Crippen LogP contribution < -0.4 is 5.32 Å². The zero-order valence-corrected chi connectivity index (χ0v) is 12.7. The number of rotatable bonds is 4. The normalized spacial score (nSPS) is 22.3. The molecule has 1 N–H and O–H groups in total. The first kappa shape index (κ1) is 13.8. The average molecular weight is 338 g/mol. The highest BCUT2D eigenvalue weighted by atomic mass is 79.9. The van der Waals surface area contributed by atoms with Crippen LogP contribution in [0.4, 0.5) is 4.39 Å². The first-order valence-electron chi connectivity index (χ1n) is 6.89. The van der Waals surface area contributed by atoms with Crippen molar-refractivity contribution in [2.45, 2.75) is 37.9 Å². The van der Waals surface area contributed by atoms with E-state index in [1.807, 2.05) is 24.8 Å². The molecule has 0 amide bonds. The largest absolute Gasteiger partial charge is 0.333 e. The first-order valence-corrected chi connectivity index (χ1v) is 7.68. The molecule has 0 bridgehead atoms. The predicted molar refractivity (Wildman–Crippen MR) is 79.8 cm³/mol. The molecule has 1 saturated carbocycles. The highest BCUT2D eigenvalue weighted by molar-refractivity contribution is 9.10. The number of hydrogen-bond acceptors (Lipinski definition) is 2. The Hall–Kier alpha value is -1.20. The monoisotopic (exact) mass is 337 g/mol. The van der Waals surface area contributed by atoms with E-state index in [0.717, 1.165) is 16.6 Å². The van der Waals surface area contributed by atoms with Crippen molar-refractivity contribution in [1.29, 1.82) is 0 Å². The third-order valence-corrected chi connectivity index (χ3v) is 4.70. The maximum Gasteiger partial charge on any atom is 0.124 e. The molecule has 3 rings (SSSR count). The van der Waals surface area contributed by atoms with Gasteiger partial charge in [0.2, 0.25) is 0 Å². The molecule has 0 radical (unpaired) electrons. The van der Waals surface area contributed by atoms with Crippen LogP contribution in [0, 0.1) is 5.82 Å². The van der Waals surface area contributed by atoms with Crippen molar-refractivity contribution in [2.75, 3.05) is 0 Å². The predicted octanol–water partition coefficient (Wildman–Crippen LogP) is 3.67. The Morgan fingerprint density at radius 3 is 3.05 bits per heavy atom. The summed E-state index contributed by atoms with van der Waals surface area (Å²) in [4.78, 5) is 4.13. The molecule has 1 heterocycles. The van der Waals surface area contributed by atoms with Crippen LogP contribution in [0.1, 0.15) is 30.9 Å². The molecule has 0 spiro atoms. The van der Waals surface area contributed by atoms with Crippen LogP contribution in [-0.4, -0.2) is 15.6 Å². The van der Waals surface area contributed by atoms with E-state index < -0.39 is 0 Å². The number of hydrogen-bond donors (Lipinski definition) is 1. The lowest BCUT2D eigenvalue weighted by Crippen LogP contribution is -2.33. The van der Waals surface area contributed by atoms with Gasteiger partial charge in [0.15, 0.2) is 0 Å². The summed E-state index contributed by atoms with van der Waals surface area (Å²) in [5.74, 6) is -0.210. The molecule has 1 aromatic heterocycles. The lowest BCUT2D eigenvalue weighted by molar-refractivity contribution is 0.390. The van der Waals surface area contributed by atoms with Gasteiger partial charge in [-0.05, 0) is 37.0 Å². The van der Waals surface area contributed by atoms with Gasteiger partial charge in [0.25, 0.3) is 0 Å². The molecule has 5 heteroatoms. The standard InChI is InChI=1S/C15H17BrFN3/c16-13-8-12(17)5-4-11(13)9-19-14-2-1-3-15(14)20-7-6-18-10-20/h4-8,10,14-15,19H,1-3,9H2. The van der Waals surface area contributed by atoms with E-state index >= 15 is 0 Å². The van der Waals surface area contributed by atoms with Crippen molar-refractivity contribution < 1.29 is 4.39 Å². The molecular weight excluding hydrogens is 321 g/mol. The lowest BCUT2D eigenvalue weighted by atomic mass is 10.1. The minimum atomic E-state index is -0.210. The molecule has 1 aliphatic rings. The maximum absolute atomic E-state index is 13.1. The van der Waals surface area contributed by atoms with E-state index in [2.05, 4.69) is 30.8 Å². The fraction of sp³-hybridized carbons (Fsp3) is 0.400. The molecular formula is C15H17BrFN3. The third kappa shape index (κ3) is 2.94. The topological polar surface area (TPSA) is 29.9 Å². The van der Waals surface area contributed by atoms with Gasteiger partial charge in [-0.25, -0.2) is 9.37 Å². The van der Waals surface area contributed by atoms with Gasteiger partial charge in [0.1, 0.15) is 5.82 Å². The van der Waals surface area contributed by atoms with Gasteiger partial charge in [-0.15, -0.1) is 0 Å². The van der Waals surface area contributed by atoms with Crippen molar-refractivity contribution >= 4 is 15.9 Å². The Morgan fingerprint density at radius 2 is 2.30 bits per heavy atom. The molecule has 0 saturated heterocycles. The highest BCUT2D eigenvalue weighted by Gasteiger charge is 2.27. The van der Waals surface area contributed by atoms with E-state index in [4.69, 9.17) is 0 Å². The quantitative estimate of drug-likeness (QED) is 0.922. The minimum absolute atomic E-state index is 0.210. The number of aromatic nitrogens is 2. The first-order chi connectivity index (χ1) is 9.74. The zero-order chi connectivity index (χ0) is 13.9. The van der Waals surface area contributed by atoms with Crippen LogP contribution in [0.5, 0.6) is 0 Å². The summed E-state index contributed by atoms with van der Waals surface area (Å²) < 4.78 is 16.1. The van der Waals surface area contributed by atoms with Crippen LogP contribution in [0.2, 0.25) is 0 Å². The second-order valence-electron chi connectivity index (χ2n) is 5.23. The Morgan fingerprint density at radius 1 is 1.40 bits per heavy atom. The fourth-order valence-corrected chi connectivity index (χ4v) is 3.40. The SMILES string of the molecule is Fc1ccc(CNC2CCCC2n2ccnc2)c(Br)c1. The molecule has 1 fully saturated rings. The molecule has 2 aromatic rings. The highest BCUT2D eigenvalue weighted by Crippen LogP contribution is 2.30. The summed E-state index contributed by atoms with van der Waals surface area (Å²) in [6.45, 7) is 0.747. The van der Waals surface area contributed by atoms with Crippen molar-refractivity contribution in [2.24, 2.45) is 0 Å². The Bertz CT molecular complexity index is 571. The van der Waals surface area contributed by atoms with Crippen LogP contribution in [-0.2, 0) is 6.54 Å². The summed E-state index contributed by atoms with van der Waals surface area (Å²) >= 11 is 3.42. The Kier molecular flexibility index (Phi) is 4.17. The van der Waals surface area contributed by atoms with E-state index in [1.54, 1.807) is 0 Å². The number of halogens is 2. The van der Waals surface area contributed by atoms with Crippen molar-refractivity contribution in [3.05, 3.63) is 52.8 Å². The van der Waals surface area contributed by atoms with Gasteiger partial charge < -0.3 is 9.88 Å². The van der Waals surface area contributed by atoms with Gasteiger partial charge in [-0.3, -0.25) is 0 Å². The molecule has 20 heavy (non-hydrogen) atoms. The number of nitrogens with one attached hydrogen (secondary N) is 1. The summed E-state index contributed by atoms with van der Waals surface area (Å²) in [5.41, 5.74) is 1.09. The van der Waals surface area contributed by atoms with Gasteiger partial charge in [0.05, 0.1) is 6.33 Å². The maximum atomic E-state index is 13.1. The summed E-state index contributed by atoms with van der Waals surface area (Å²) in [5, 5.41) is 3.60.